The molecule has 1 heterocycles. The summed E-state index contributed by atoms with van der Waals surface area (Å²) < 4.78 is 0. The van der Waals surface area contributed by atoms with Gasteiger partial charge in [-0.15, -0.1) is 0 Å². The Kier molecular flexibility index (Phi) is 2.79. The van der Waals surface area contributed by atoms with E-state index in [0.29, 0.717) is 5.56 Å². The van der Waals surface area contributed by atoms with Crippen LogP contribution in [-0.2, 0) is 21.4 Å². The Morgan fingerprint density at radius 2 is 1.70 bits per heavy atom. The summed E-state index contributed by atoms with van der Waals surface area (Å²) in [7, 11) is 0. The van der Waals surface area contributed by atoms with E-state index in [1.165, 1.54) is 0 Å². The molecule has 0 radical (unpaired) electrons. The number of nitrogens with two attached hydrogens (primary N) is 1. The summed E-state index contributed by atoms with van der Waals surface area (Å²) in [5.74, 6) is -0.995. The molecule has 0 bridgehead atoms. The third-order valence-electron chi connectivity index (χ3n) is 3.80. The van der Waals surface area contributed by atoms with Gasteiger partial charge in [0.15, 0.2) is 5.41 Å². The molecule has 1 atom stereocenters. The molecule has 0 saturated heterocycles. The van der Waals surface area contributed by atoms with Crippen LogP contribution in [0.15, 0.2) is 54.6 Å². The van der Waals surface area contributed by atoms with E-state index >= 15 is 0 Å². The van der Waals surface area contributed by atoms with Crippen LogP contribution in [0.25, 0.3) is 0 Å². The van der Waals surface area contributed by atoms with Crippen molar-refractivity contribution in [2.24, 2.45) is 5.73 Å². The molecule has 0 saturated carbocycles. The number of rotatable bonds is 2. The average molecular weight is 266 g/mol. The van der Waals surface area contributed by atoms with Gasteiger partial charge >= 0.3 is 0 Å². The molecule has 0 spiro atoms. The molecule has 3 rings (SSSR count). The highest BCUT2D eigenvalue weighted by Crippen LogP contribution is 2.36. The predicted molar refractivity (Wildman–Crippen MR) is 76.1 cm³/mol. The monoisotopic (exact) mass is 266 g/mol. The smallest absolute Gasteiger partial charge is 0.244 e. The highest BCUT2D eigenvalue weighted by molar-refractivity contribution is 6.17. The summed E-state index contributed by atoms with van der Waals surface area (Å²) in [6.07, 6.45) is 0.286. The molecule has 3 N–H and O–H groups in total. The molecular formula is C16H14N2O2. The maximum atomic E-state index is 12.5. The number of amides is 2. The molecule has 0 aromatic heterocycles. The summed E-state index contributed by atoms with van der Waals surface area (Å²) in [4.78, 5) is 24.6. The molecule has 2 amide bonds. The molecule has 1 aliphatic rings. The molecule has 0 fully saturated rings. The number of anilines is 1. The Labute approximate surface area is 116 Å². The van der Waals surface area contributed by atoms with E-state index in [2.05, 4.69) is 5.32 Å². The second-order valence-electron chi connectivity index (χ2n) is 4.92. The zero-order valence-corrected chi connectivity index (χ0v) is 10.8. The van der Waals surface area contributed by atoms with Gasteiger partial charge in [0.25, 0.3) is 0 Å². The lowest BCUT2D eigenvalue weighted by Crippen LogP contribution is -2.54. The average Bonchev–Trinajstić information content (AvgIpc) is 2.47. The minimum absolute atomic E-state index is 0.286. The zero-order chi connectivity index (χ0) is 14.2. The standard InChI is InChI=1S/C16H14N2O2/c17-14(19)16(12-7-2-1-3-8-12)10-11-6-4-5-9-13(11)18-15(16)20/h1-9H,10H2,(H2,17,19)(H,18,20)/t16-/m0/s1. The van der Waals surface area contributed by atoms with Crippen molar-refractivity contribution < 1.29 is 9.59 Å². The van der Waals surface area contributed by atoms with Crippen molar-refractivity contribution in [3.63, 3.8) is 0 Å². The maximum absolute atomic E-state index is 12.5. The molecule has 1 aliphatic heterocycles. The largest absolute Gasteiger partial charge is 0.368 e. The number of carbonyl (C=O) groups is 2. The first-order valence-electron chi connectivity index (χ1n) is 6.39. The van der Waals surface area contributed by atoms with Crippen LogP contribution in [0.5, 0.6) is 0 Å². The van der Waals surface area contributed by atoms with Crippen molar-refractivity contribution >= 4 is 17.5 Å². The molecule has 2 aromatic carbocycles. The van der Waals surface area contributed by atoms with Gasteiger partial charge in [0.05, 0.1) is 0 Å². The molecule has 100 valence electrons. The Morgan fingerprint density at radius 3 is 2.40 bits per heavy atom. The SMILES string of the molecule is NC(=O)[C@@]1(c2ccccc2)Cc2ccccc2NC1=O. The Morgan fingerprint density at radius 1 is 1.05 bits per heavy atom. The number of benzene rings is 2. The van der Waals surface area contributed by atoms with Crippen LogP contribution in [0.3, 0.4) is 0 Å². The van der Waals surface area contributed by atoms with Crippen LogP contribution < -0.4 is 11.1 Å². The van der Waals surface area contributed by atoms with Crippen LogP contribution in [-0.4, -0.2) is 11.8 Å². The number of nitrogens with one attached hydrogen (secondary N) is 1. The topological polar surface area (TPSA) is 72.2 Å². The molecule has 0 unspecified atom stereocenters. The normalized spacial score (nSPS) is 20.9. The summed E-state index contributed by atoms with van der Waals surface area (Å²) in [5.41, 5.74) is 6.52. The molecule has 2 aromatic rings. The van der Waals surface area contributed by atoms with Crippen molar-refractivity contribution in [2.75, 3.05) is 5.32 Å². The lowest BCUT2D eigenvalue weighted by Gasteiger charge is -2.34. The van der Waals surface area contributed by atoms with Gasteiger partial charge in [-0.1, -0.05) is 48.5 Å². The lowest BCUT2D eigenvalue weighted by atomic mass is 9.72. The summed E-state index contributed by atoms with van der Waals surface area (Å²) >= 11 is 0. The fourth-order valence-corrected chi connectivity index (χ4v) is 2.69. The Hall–Kier alpha value is -2.62. The molecule has 4 nitrogen and oxygen atoms in total. The predicted octanol–water partition coefficient (Wildman–Crippen LogP) is 1.60. The summed E-state index contributed by atoms with van der Waals surface area (Å²) in [6, 6.07) is 16.4. The maximum Gasteiger partial charge on any atom is 0.244 e. The number of para-hydroxylation sites is 1. The molecule has 20 heavy (non-hydrogen) atoms. The second kappa shape index (κ2) is 4.49. The molecule has 0 aliphatic carbocycles. The first-order chi connectivity index (χ1) is 9.64. The number of fused-ring (bicyclic) bond motifs is 1. The van der Waals surface area contributed by atoms with Crippen LogP contribution in [0, 0.1) is 0 Å². The van der Waals surface area contributed by atoms with E-state index in [1.54, 1.807) is 24.3 Å². The van der Waals surface area contributed by atoms with E-state index in [-0.39, 0.29) is 12.3 Å². The summed E-state index contributed by atoms with van der Waals surface area (Å²) in [5, 5.41) is 2.79. The van der Waals surface area contributed by atoms with E-state index in [9.17, 15) is 9.59 Å². The number of primary amides is 1. The lowest BCUT2D eigenvalue weighted by molar-refractivity contribution is -0.133. The third-order valence-corrected chi connectivity index (χ3v) is 3.80. The van der Waals surface area contributed by atoms with Gasteiger partial charge < -0.3 is 11.1 Å². The fraction of sp³-hybridized carbons (Fsp3) is 0.125. The van der Waals surface area contributed by atoms with E-state index in [1.807, 2.05) is 30.3 Å². The quantitative estimate of drug-likeness (QED) is 0.810. The van der Waals surface area contributed by atoms with Crippen LogP contribution in [0.1, 0.15) is 11.1 Å². The van der Waals surface area contributed by atoms with Crippen LogP contribution in [0.2, 0.25) is 0 Å². The first-order valence-corrected chi connectivity index (χ1v) is 6.39. The van der Waals surface area contributed by atoms with Crippen molar-refractivity contribution in [3.8, 4) is 0 Å². The second-order valence-corrected chi connectivity index (χ2v) is 4.92. The van der Waals surface area contributed by atoms with Gasteiger partial charge in [0.1, 0.15) is 0 Å². The van der Waals surface area contributed by atoms with E-state index in [0.717, 1.165) is 11.3 Å². The van der Waals surface area contributed by atoms with Gasteiger partial charge in [-0.2, -0.15) is 0 Å². The zero-order valence-electron chi connectivity index (χ0n) is 10.8. The number of hydrogen-bond donors (Lipinski definition) is 2. The molecule has 4 heteroatoms. The van der Waals surface area contributed by atoms with E-state index in [4.69, 9.17) is 5.73 Å². The highest BCUT2D eigenvalue weighted by atomic mass is 16.2. The van der Waals surface area contributed by atoms with Gasteiger partial charge in [0.2, 0.25) is 11.8 Å². The van der Waals surface area contributed by atoms with Crippen LogP contribution in [0.4, 0.5) is 5.69 Å². The van der Waals surface area contributed by atoms with Gasteiger partial charge in [-0.3, -0.25) is 9.59 Å². The number of carbonyl (C=O) groups excluding carboxylic acids is 2. The van der Waals surface area contributed by atoms with Gasteiger partial charge in [-0.05, 0) is 17.2 Å². The van der Waals surface area contributed by atoms with Gasteiger partial charge in [0, 0.05) is 12.1 Å². The van der Waals surface area contributed by atoms with Gasteiger partial charge in [-0.25, -0.2) is 0 Å². The first kappa shape index (κ1) is 12.4. The van der Waals surface area contributed by atoms with Crippen LogP contribution >= 0.6 is 0 Å². The van der Waals surface area contributed by atoms with Crippen molar-refractivity contribution in [1.82, 2.24) is 0 Å². The minimum Gasteiger partial charge on any atom is -0.368 e. The van der Waals surface area contributed by atoms with Crippen molar-refractivity contribution in [1.29, 1.82) is 0 Å². The van der Waals surface area contributed by atoms with Crippen molar-refractivity contribution in [2.45, 2.75) is 11.8 Å². The Balaban J connectivity index is 2.18. The van der Waals surface area contributed by atoms with Crippen molar-refractivity contribution in [3.05, 3.63) is 65.7 Å². The Bertz CT molecular complexity index is 682. The fourth-order valence-electron chi connectivity index (χ4n) is 2.69. The molecular weight excluding hydrogens is 252 g/mol. The third kappa shape index (κ3) is 1.69. The minimum atomic E-state index is -1.34. The highest BCUT2D eigenvalue weighted by Gasteiger charge is 2.48. The number of hydrogen-bond acceptors (Lipinski definition) is 2. The summed E-state index contributed by atoms with van der Waals surface area (Å²) in [6.45, 7) is 0. The van der Waals surface area contributed by atoms with E-state index < -0.39 is 11.3 Å².